The molecular weight excluding hydrogens is 781 g/mol. The van der Waals surface area contributed by atoms with Gasteiger partial charge in [-0.05, 0) is 132 Å². The molecule has 0 atom stereocenters. The number of fused-ring (bicyclic) bond motifs is 14. The van der Waals surface area contributed by atoms with Gasteiger partial charge in [-0.25, -0.2) is 0 Å². The Kier molecular flexibility index (Phi) is 7.71. The second-order valence-electron chi connectivity index (χ2n) is 17.8. The van der Waals surface area contributed by atoms with Crippen LogP contribution in [0.4, 0.5) is 0 Å². The number of rotatable bonds is 4. The van der Waals surface area contributed by atoms with Crippen LogP contribution in [0.15, 0.2) is 243 Å². The maximum Gasteiger partial charge on any atom is 0.0725 e. The molecule has 0 saturated carbocycles. The summed E-state index contributed by atoms with van der Waals surface area (Å²) < 4.78 is 0. The number of benzene rings is 12. The minimum absolute atomic E-state index is 0.499. The zero-order valence-electron chi connectivity index (χ0n) is 35.6. The number of hydrogen-bond donors (Lipinski definition) is 0. The molecule has 0 bridgehead atoms. The third-order valence-electron chi connectivity index (χ3n) is 14.7. The van der Waals surface area contributed by atoms with Crippen LogP contribution in [-0.4, -0.2) is 0 Å². The largest absolute Gasteiger partial charge is 0.0725 e. The van der Waals surface area contributed by atoms with E-state index in [0.717, 1.165) is 0 Å². The summed E-state index contributed by atoms with van der Waals surface area (Å²) in [4.78, 5) is 0. The average molecular weight is 821 g/mol. The van der Waals surface area contributed by atoms with E-state index < -0.39 is 5.41 Å². The molecule has 0 nitrogen and oxygen atoms in total. The van der Waals surface area contributed by atoms with Gasteiger partial charge < -0.3 is 0 Å². The Bertz CT molecular complexity index is 3690. The van der Waals surface area contributed by atoms with Crippen LogP contribution in [-0.2, 0) is 5.41 Å². The summed E-state index contributed by atoms with van der Waals surface area (Å²) in [6, 6.07) is 90.9. The molecule has 0 fully saturated rings. The number of hydrogen-bond acceptors (Lipinski definition) is 0. The predicted octanol–water partition coefficient (Wildman–Crippen LogP) is 17.3. The molecule has 2 aliphatic rings. The third kappa shape index (κ3) is 4.97. The topological polar surface area (TPSA) is 0 Å². The lowest BCUT2D eigenvalue weighted by Crippen LogP contribution is -2.25. The summed E-state index contributed by atoms with van der Waals surface area (Å²) in [5.74, 6) is 0. The van der Waals surface area contributed by atoms with Crippen LogP contribution in [0.1, 0.15) is 22.3 Å². The first-order valence-corrected chi connectivity index (χ1v) is 22.8. The first-order valence-electron chi connectivity index (χ1n) is 22.8. The highest BCUT2D eigenvalue weighted by molar-refractivity contribution is 6.14. The molecule has 0 saturated heterocycles. The maximum absolute atomic E-state index is 2.42. The smallest absolute Gasteiger partial charge is 0.0619 e. The lowest BCUT2D eigenvalue weighted by atomic mass is 9.70. The van der Waals surface area contributed by atoms with Crippen LogP contribution in [0.5, 0.6) is 0 Å². The van der Waals surface area contributed by atoms with Gasteiger partial charge in [0.1, 0.15) is 0 Å². The molecule has 0 aromatic heterocycles. The first-order chi connectivity index (χ1) is 32.3. The van der Waals surface area contributed by atoms with E-state index >= 15 is 0 Å². The molecule has 0 heteroatoms. The Morgan fingerprint density at radius 3 is 0.862 bits per heavy atom. The summed E-state index contributed by atoms with van der Waals surface area (Å²) in [5, 5.41) is 10.1. The van der Waals surface area contributed by atoms with E-state index in [4.69, 9.17) is 0 Å². The Morgan fingerprint density at radius 2 is 0.431 bits per heavy atom. The molecule has 0 amide bonds. The van der Waals surface area contributed by atoms with Gasteiger partial charge in [-0.2, -0.15) is 0 Å². The Morgan fingerprint density at radius 1 is 0.169 bits per heavy atom. The van der Waals surface area contributed by atoms with E-state index in [9.17, 15) is 0 Å². The minimum atomic E-state index is -0.499. The predicted molar refractivity (Wildman–Crippen MR) is 275 cm³/mol. The second-order valence-corrected chi connectivity index (χ2v) is 17.8. The van der Waals surface area contributed by atoms with Crippen LogP contribution in [0.25, 0.3) is 110 Å². The highest BCUT2D eigenvalue weighted by Gasteiger charge is 2.52. The van der Waals surface area contributed by atoms with Crippen LogP contribution in [0, 0.1) is 0 Å². The van der Waals surface area contributed by atoms with Gasteiger partial charge in [0.05, 0.1) is 5.41 Å². The summed E-state index contributed by atoms with van der Waals surface area (Å²) in [7, 11) is 0. The van der Waals surface area contributed by atoms with Crippen molar-refractivity contribution in [1.29, 1.82) is 0 Å². The standard InChI is InChI=1S/C65H40/c1-3-21-43-41(17-1)19-13-29-45(43)51-37-39-53(49-25-7-5-23-47(49)51)55-31-15-35-61-63(55)57-27-9-11-33-59(57)65(61)60-34-12-10-28-58(60)64-56(32-16-36-62(64)65)54-40-38-52(48-24-6-8-26-50(48)54)46-30-14-20-42-18-2-4-22-44(42)46/h1-40H. The van der Waals surface area contributed by atoms with Crippen LogP contribution in [0.2, 0.25) is 0 Å². The fourth-order valence-electron chi connectivity index (χ4n) is 12.1. The lowest BCUT2D eigenvalue weighted by Gasteiger charge is -2.30. The monoisotopic (exact) mass is 820 g/mol. The van der Waals surface area contributed by atoms with Crippen molar-refractivity contribution in [3.63, 3.8) is 0 Å². The van der Waals surface area contributed by atoms with Crippen molar-refractivity contribution in [2.75, 3.05) is 0 Å². The molecule has 12 aromatic rings. The van der Waals surface area contributed by atoms with Gasteiger partial charge >= 0.3 is 0 Å². The van der Waals surface area contributed by atoms with Gasteiger partial charge in [0.25, 0.3) is 0 Å². The summed E-state index contributed by atoms with van der Waals surface area (Å²) in [6.07, 6.45) is 0. The SMILES string of the molecule is c1ccc2c(c1)-c1c(-c3ccc(-c4cccc5ccccc45)c4ccccc34)cccc1C21c2ccccc2-c2c(-c3ccc(-c4cccc5ccccc45)c4ccccc34)cccc21. The van der Waals surface area contributed by atoms with Crippen molar-refractivity contribution in [2.45, 2.75) is 5.41 Å². The summed E-state index contributed by atoms with van der Waals surface area (Å²) in [6.45, 7) is 0. The van der Waals surface area contributed by atoms with E-state index in [1.165, 1.54) is 132 Å². The molecule has 12 aromatic carbocycles. The van der Waals surface area contributed by atoms with Crippen molar-refractivity contribution >= 4 is 43.1 Å². The zero-order chi connectivity index (χ0) is 42.6. The zero-order valence-corrected chi connectivity index (χ0v) is 35.6. The Labute approximate surface area is 378 Å². The summed E-state index contributed by atoms with van der Waals surface area (Å²) >= 11 is 0. The highest BCUT2D eigenvalue weighted by atomic mass is 14.5. The van der Waals surface area contributed by atoms with Crippen molar-refractivity contribution in [3.05, 3.63) is 265 Å². The Hall–Kier alpha value is -8.32. The van der Waals surface area contributed by atoms with Gasteiger partial charge in [0.2, 0.25) is 0 Å². The van der Waals surface area contributed by atoms with Crippen LogP contribution < -0.4 is 0 Å². The van der Waals surface area contributed by atoms with Crippen molar-refractivity contribution in [2.24, 2.45) is 0 Å². The van der Waals surface area contributed by atoms with Gasteiger partial charge in [0, 0.05) is 0 Å². The van der Waals surface area contributed by atoms with Gasteiger partial charge in [-0.3, -0.25) is 0 Å². The highest BCUT2D eigenvalue weighted by Crippen LogP contribution is 2.65. The molecule has 2 aliphatic carbocycles. The molecule has 300 valence electrons. The normalized spacial score (nSPS) is 13.0. The fourth-order valence-corrected chi connectivity index (χ4v) is 12.1. The second kappa shape index (κ2) is 13.8. The Balaban J connectivity index is 1.01. The minimum Gasteiger partial charge on any atom is -0.0619 e. The lowest BCUT2D eigenvalue weighted by molar-refractivity contribution is 0.794. The van der Waals surface area contributed by atoms with E-state index in [2.05, 4.69) is 243 Å². The molecular formula is C65H40. The molecule has 1 spiro atoms. The average Bonchev–Trinajstić information content (AvgIpc) is 3.86. The van der Waals surface area contributed by atoms with Gasteiger partial charge in [0.15, 0.2) is 0 Å². The van der Waals surface area contributed by atoms with Crippen LogP contribution in [0.3, 0.4) is 0 Å². The summed E-state index contributed by atoms with van der Waals surface area (Å²) in [5.41, 5.74) is 20.2. The van der Waals surface area contributed by atoms with Crippen molar-refractivity contribution in [1.82, 2.24) is 0 Å². The maximum atomic E-state index is 2.42. The molecule has 0 aliphatic heterocycles. The molecule has 0 radical (unpaired) electrons. The molecule has 0 heterocycles. The quantitative estimate of drug-likeness (QED) is 0.166. The first kappa shape index (κ1) is 36.2. The molecule has 0 unspecified atom stereocenters. The molecule has 14 rings (SSSR count). The van der Waals surface area contributed by atoms with E-state index in [-0.39, 0.29) is 0 Å². The van der Waals surface area contributed by atoms with E-state index in [0.29, 0.717) is 0 Å². The van der Waals surface area contributed by atoms with Crippen LogP contribution >= 0.6 is 0 Å². The van der Waals surface area contributed by atoms with Crippen molar-refractivity contribution in [3.8, 4) is 66.8 Å². The van der Waals surface area contributed by atoms with Crippen molar-refractivity contribution < 1.29 is 0 Å². The molecule has 65 heavy (non-hydrogen) atoms. The van der Waals surface area contributed by atoms with E-state index in [1.807, 2.05) is 0 Å². The van der Waals surface area contributed by atoms with E-state index in [1.54, 1.807) is 0 Å². The fraction of sp³-hybridized carbons (Fsp3) is 0.0154. The molecule has 0 N–H and O–H groups in total. The third-order valence-corrected chi connectivity index (χ3v) is 14.7. The van der Waals surface area contributed by atoms with Gasteiger partial charge in [-0.15, -0.1) is 0 Å². The van der Waals surface area contributed by atoms with Gasteiger partial charge in [-0.1, -0.05) is 243 Å².